The number of nitrogens with zero attached hydrogens (tertiary/aromatic N) is 4. The van der Waals surface area contributed by atoms with Gasteiger partial charge in [0.25, 0.3) is 0 Å². The SMILES string of the molecule is Cc1ncsc1-c1ccc([C@H](C)NC(=O)[C@@H]2C[C@@H](O)CN2C(=O)[C@@H](c2cc(N3CCC(C(=O)OC(C)(C)C)CC3)no2)C(C)C)cc1. The fourth-order valence-electron chi connectivity index (χ4n) is 6.42. The molecule has 0 bridgehead atoms. The normalized spacial score (nSPS) is 20.4. The van der Waals surface area contributed by atoms with E-state index in [1.54, 1.807) is 17.4 Å². The van der Waals surface area contributed by atoms with Gasteiger partial charge in [-0.15, -0.1) is 11.3 Å². The lowest BCUT2D eigenvalue weighted by atomic mass is 9.91. The Labute approximate surface area is 280 Å². The van der Waals surface area contributed by atoms with Crippen molar-refractivity contribution in [2.24, 2.45) is 11.8 Å². The van der Waals surface area contributed by atoms with Crippen molar-refractivity contribution < 1.29 is 28.8 Å². The molecule has 0 saturated carbocycles. The van der Waals surface area contributed by atoms with Crippen molar-refractivity contribution in [2.45, 2.75) is 97.4 Å². The second-order valence-corrected chi connectivity index (χ2v) is 15.0. The summed E-state index contributed by atoms with van der Waals surface area (Å²) >= 11 is 1.59. The molecule has 0 aliphatic carbocycles. The fourth-order valence-corrected chi connectivity index (χ4v) is 7.23. The number of rotatable bonds is 9. The maximum absolute atomic E-state index is 14.1. The van der Waals surface area contributed by atoms with Crippen LogP contribution in [0.5, 0.6) is 0 Å². The molecule has 2 amide bonds. The van der Waals surface area contributed by atoms with Crippen LogP contribution in [0.2, 0.25) is 0 Å². The molecular formula is C35H47N5O6S. The Kier molecular flexibility index (Phi) is 10.4. The number of hydrogen-bond donors (Lipinski definition) is 2. The van der Waals surface area contributed by atoms with Crippen LogP contribution < -0.4 is 10.2 Å². The third-order valence-corrected chi connectivity index (χ3v) is 9.93. The number of nitrogens with one attached hydrogen (secondary N) is 1. The predicted molar refractivity (Wildman–Crippen MR) is 180 cm³/mol. The minimum atomic E-state index is -0.811. The predicted octanol–water partition coefficient (Wildman–Crippen LogP) is 5.24. The fraction of sp³-hybridized carbons (Fsp3) is 0.571. The molecule has 0 radical (unpaired) electrons. The Morgan fingerprint density at radius 2 is 1.79 bits per heavy atom. The summed E-state index contributed by atoms with van der Waals surface area (Å²) in [4.78, 5) is 49.2. The lowest BCUT2D eigenvalue weighted by Crippen LogP contribution is -2.48. The zero-order valence-electron chi connectivity index (χ0n) is 28.4. The molecule has 2 aliphatic heterocycles. The van der Waals surface area contributed by atoms with Gasteiger partial charge in [0.15, 0.2) is 11.6 Å². The van der Waals surface area contributed by atoms with Gasteiger partial charge in [0, 0.05) is 32.1 Å². The molecule has 5 rings (SSSR count). The molecule has 254 valence electrons. The van der Waals surface area contributed by atoms with Crippen molar-refractivity contribution in [3.8, 4) is 10.4 Å². The molecule has 1 aromatic carbocycles. The van der Waals surface area contributed by atoms with Crippen molar-refractivity contribution in [2.75, 3.05) is 24.5 Å². The quantitative estimate of drug-likeness (QED) is 0.294. The molecule has 2 aromatic heterocycles. The first-order chi connectivity index (χ1) is 22.2. The molecule has 2 aliphatic rings. The van der Waals surface area contributed by atoms with E-state index in [1.807, 2.05) is 78.2 Å². The third-order valence-electron chi connectivity index (χ3n) is 8.96. The highest BCUT2D eigenvalue weighted by Crippen LogP contribution is 2.34. The number of carbonyl (C=O) groups is 3. The van der Waals surface area contributed by atoms with Crippen LogP contribution >= 0.6 is 11.3 Å². The maximum Gasteiger partial charge on any atom is 0.309 e. The van der Waals surface area contributed by atoms with E-state index in [1.165, 1.54) is 4.90 Å². The third kappa shape index (κ3) is 8.03. The van der Waals surface area contributed by atoms with Gasteiger partial charge in [-0.05, 0) is 64.5 Å². The van der Waals surface area contributed by atoms with E-state index in [9.17, 15) is 19.5 Å². The zero-order valence-corrected chi connectivity index (χ0v) is 29.2. The number of esters is 1. The standard InChI is InChI=1S/C35H47N5O6S/c1-20(2)30(28-17-29(38-46-28)39-14-12-25(13-15-39)34(44)45-35(5,6)7)33(43)40-18-26(41)16-27(40)32(42)37-21(3)23-8-10-24(11-9-23)31-22(4)36-19-47-31/h8-11,17,19-21,25-27,30,41H,12-16,18H2,1-7H3,(H,37,42)/t21-,26+,27-,30+/m0/s1. The number of benzene rings is 1. The summed E-state index contributed by atoms with van der Waals surface area (Å²) < 4.78 is 11.3. The number of carbonyl (C=O) groups excluding carboxylic acids is 3. The summed E-state index contributed by atoms with van der Waals surface area (Å²) in [6.45, 7) is 14.6. The van der Waals surface area contributed by atoms with E-state index in [0.717, 1.165) is 21.7 Å². The molecule has 0 spiro atoms. The first-order valence-corrected chi connectivity index (χ1v) is 17.3. The summed E-state index contributed by atoms with van der Waals surface area (Å²) in [6, 6.07) is 8.70. The van der Waals surface area contributed by atoms with E-state index in [2.05, 4.69) is 20.4 Å². The number of aliphatic hydroxyl groups is 1. The number of likely N-dealkylation sites (tertiary alicyclic amines) is 1. The van der Waals surface area contributed by atoms with E-state index in [-0.39, 0.29) is 48.6 Å². The molecular weight excluding hydrogens is 618 g/mol. The van der Waals surface area contributed by atoms with Crippen molar-refractivity contribution in [1.82, 2.24) is 20.4 Å². The Hall–Kier alpha value is -3.77. The second-order valence-electron chi connectivity index (χ2n) is 14.1. The zero-order chi connectivity index (χ0) is 34.0. The van der Waals surface area contributed by atoms with Crippen LogP contribution in [0, 0.1) is 18.8 Å². The average Bonchev–Trinajstić information content (AvgIpc) is 3.76. The van der Waals surface area contributed by atoms with Gasteiger partial charge >= 0.3 is 5.97 Å². The Morgan fingerprint density at radius 1 is 1.11 bits per heavy atom. The van der Waals surface area contributed by atoms with E-state index < -0.39 is 23.7 Å². The number of thiazole rings is 1. The van der Waals surface area contributed by atoms with Gasteiger partial charge < -0.3 is 29.5 Å². The lowest BCUT2D eigenvalue weighted by Gasteiger charge is -2.32. The Bertz CT molecular complexity index is 1550. The smallest absolute Gasteiger partial charge is 0.309 e. The van der Waals surface area contributed by atoms with Gasteiger partial charge in [0.05, 0.1) is 34.1 Å². The average molecular weight is 666 g/mol. The van der Waals surface area contributed by atoms with Crippen LogP contribution in [0.15, 0.2) is 40.4 Å². The van der Waals surface area contributed by atoms with Crippen LogP contribution in [-0.2, 0) is 19.1 Å². The van der Waals surface area contributed by atoms with Crippen LogP contribution in [-0.4, -0.2) is 75.3 Å². The highest BCUT2D eigenvalue weighted by Gasteiger charge is 2.43. The van der Waals surface area contributed by atoms with Crippen molar-refractivity contribution >= 4 is 34.9 Å². The second kappa shape index (κ2) is 14.1. The number of ether oxygens (including phenoxy) is 1. The van der Waals surface area contributed by atoms with Gasteiger partial charge in [-0.25, -0.2) is 4.98 Å². The molecule has 4 heterocycles. The van der Waals surface area contributed by atoms with E-state index in [4.69, 9.17) is 9.26 Å². The number of piperidine rings is 1. The molecule has 11 nitrogen and oxygen atoms in total. The topological polar surface area (TPSA) is 138 Å². The first kappa shape index (κ1) is 34.6. The lowest BCUT2D eigenvalue weighted by molar-refractivity contribution is -0.160. The number of anilines is 1. The number of aliphatic hydroxyl groups excluding tert-OH is 1. The molecule has 2 N–H and O–H groups in total. The summed E-state index contributed by atoms with van der Waals surface area (Å²) in [7, 11) is 0. The monoisotopic (exact) mass is 665 g/mol. The first-order valence-electron chi connectivity index (χ1n) is 16.5. The summed E-state index contributed by atoms with van der Waals surface area (Å²) in [5.74, 6) is -0.732. The van der Waals surface area contributed by atoms with Gasteiger partial charge in [-0.2, -0.15) is 0 Å². The van der Waals surface area contributed by atoms with E-state index >= 15 is 0 Å². The molecule has 2 fully saturated rings. The molecule has 47 heavy (non-hydrogen) atoms. The molecule has 3 aromatic rings. The van der Waals surface area contributed by atoms with E-state index in [0.29, 0.717) is 37.5 Å². The molecule has 12 heteroatoms. The number of β-amino-alcohol motifs (C(OH)–C–C–N with tert-alkyl or cyclic N) is 1. The van der Waals surface area contributed by atoms with Crippen LogP contribution in [0.3, 0.4) is 0 Å². The van der Waals surface area contributed by atoms with Crippen molar-refractivity contribution in [3.05, 3.63) is 52.9 Å². The Balaban J connectivity index is 1.23. The van der Waals surface area contributed by atoms with Gasteiger partial charge in [0.1, 0.15) is 17.6 Å². The maximum atomic E-state index is 14.1. The van der Waals surface area contributed by atoms with Gasteiger partial charge in [-0.1, -0.05) is 43.3 Å². The largest absolute Gasteiger partial charge is 0.460 e. The summed E-state index contributed by atoms with van der Waals surface area (Å²) in [5.41, 5.74) is 4.29. The summed E-state index contributed by atoms with van der Waals surface area (Å²) in [6.07, 6.45) is 0.629. The van der Waals surface area contributed by atoms with Crippen LogP contribution in [0.1, 0.15) is 89.8 Å². The van der Waals surface area contributed by atoms with Crippen LogP contribution in [0.25, 0.3) is 10.4 Å². The number of aryl methyl sites for hydroxylation is 1. The Morgan fingerprint density at radius 3 is 2.38 bits per heavy atom. The number of amides is 2. The number of hydrogen-bond acceptors (Lipinski definition) is 10. The van der Waals surface area contributed by atoms with Crippen LogP contribution in [0.4, 0.5) is 5.82 Å². The molecule has 0 unspecified atom stereocenters. The minimum absolute atomic E-state index is 0.0661. The van der Waals surface area contributed by atoms with Crippen molar-refractivity contribution in [1.29, 1.82) is 0 Å². The highest BCUT2D eigenvalue weighted by molar-refractivity contribution is 7.13. The molecule has 2 saturated heterocycles. The van der Waals surface area contributed by atoms with Gasteiger partial charge in [0.2, 0.25) is 11.8 Å². The summed E-state index contributed by atoms with van der Waals surface area (Å²) in [5, 5.41) is 17.9. The molecule has 4 atom stereocenters. The van der Waals surface area contributed by atoms with Crippen molar-refractivity contribution in [3.63, 3.8) is 0 Å². The van der Waals surface area contributed by atoms with Gasteiger partial charge in [-0.3, -0.25) is 14.4 Å². The number of aromatic nitrogens is 2. The highest BCUT2D eigenvalue weighted by atomic mass is 32.1. The minimum Gasteiger partial charge on any atom is -0.460 e.